The largest absolute Gasteiger partial charge is 0.496 e. The number of ether oxygens (including phenoxy) is 2. The van der Waals surface area contributed by atoms with Crippen molar-refractivity contribution in [3.05, 3.63) is 53.9 Å². The number of nitrogens with zero attached hydrogens (tertiary/aromatic N) is 5. The number of hydrogen-bond acceptors (Lipinski definition) is 9. The highest BCUT2D eigenvalue weighted by Gasteiger charge is 2.62. The number of allylic oxidation sites excluding steroid dienone is 1. The summed E-state index contributed by atoms with van der Waals surface area (Å²) in [7, 11) is 1.89. The Balaban J connectivity index is 1.34. The van der Waals surface area contributed by atoms with E-state index >= 15 is 0 Å². The number of amides is 3. The van der Waals surface area contributed by atoms with Gasteiger partial charge in [0.25, 0.3) is 5.91 Å². The molecule has 1 aliphatic heterocycles. The van der Waals surface area contributed by atoms with E-state index in [1.165, 1.54) is 14.1 Å². The Labute approximate surface area is 305 Å². The van der Waals surface area contributed by atoms with Crippen LogP contribution >= 0.6 is 0 Å². The number of aromatic nitrogens is 3. The molecule has 14 nitrogen and oxygen atoms in total. The normalized spacial score (nSPS) is 25.4. The summed E-state index contributed by atoms with van der Waals surface area (Å²) in [6.07, 6.45) is 8.22. The standard InChI is InChI=1S/C37H49N7O7S/c1-22(2)29-15-17-44(40-29)32-20-31(26-13-14-30(50-7)23(3)33(26)38-32)51-25-18-27-28(19-25)35(46)43(6)16-11-9-8-10-12-24-21-37(24,39-34(27)45)36(47)41-52(48,49)42(4)5/h10,12-15,17,20,22,24-25,27-28H,8-9,11,16,18-19,21H2,1-7H3,(H,39,45)(H,41,47)/t24-,25-,27-,28-,37-/m1/s1. The molecular weight excluding hydrogens is 687 g/mol. The maximum atomic E-state index is 14.2. The minimum atomic E-state index is -4.11. The van der Waals surface area contributed by atoms with Crippen molar-refractivity contribution in [2.24, 2.45) is 17.8 Å². The first-order valence-corrected chi connectivity index (χ1v) is 19.3. The van der Waals surface area contributed by atoms with Gasteiger partial charge in [-0.05, 0) is 69.6 Å². The maximum absolute atomic E-state index is 14.2. The molecule has 0 bridgehead atoms. The van der Waals surface area contributed by atoms with Gasteiger partial charge in [-0.15, -0.1) is 0 Å². The van der Waals surface area contributed by atoms with Gasteiger partial charge in [0.1, 0.15) is 23.1 Å². The lowest BCUT2D eigenvalue weighted by molar-refractivity contribution is -0.140. The Bertz CT molecular complexity index is 2010. The summed E-state index contributed by atoms with van der Waals surface area (Å²) in [6, 6.07) is 7.52. The predicted molar refractivity (Wildman–Crippen MR) is 195 cm³/mol. The molecule has 3 aromatic rings. The van der Waals surface area contributed by atoms with E-state index in [-0.39, 0.29) is 37.0 Å². The van der Waals surface area contributed by atoms with Crippen LogP contribution in [0.5, 0.6) is 11.5 Å². The van der Waals surface area contributed by atoms with Crippen molar-refractivity contribution in [1.82, 2.24) is 34.0 Å². The Morgan fingerprint density at radius 1 is 1.12 bits per heavy atom. The van der Waals surface area contributed by atoms with E-state index in [1.54, 1.807) is 23.7 Å². The average molecular weight is 736 g/mol. The first-order chi connectivity index (χ1) is 24.6. The van der Waals surface area contributed by atoms with Crippen LogP contribution in [0, 0.1) is 24.7 Å². The molecule has 15 heteroatoms. The molecule has 2 aliphatic carbocycles. The fourth-order valence-electron chi connectivity index (χ4n) is 7.26. The van der Waals surface area contributed by atoms with Crippen LogP contribution in [-0.4, -0.2) is 96.5 Å². The monoisotopic (exact) mass is 735 g/mol. The Kier molecular flexibility index (Phi) is 10.4. The summed E-state index contributed by atoms with van der Waals surface area (Å²) in [5.41, 5.74) is 0.958. The number of pyridine rings is 1. The molecule has 2 N–H and O–H groups in total. The number of aryl methyl sites for hydroxylation is 1. The van der Waals surface area contributed by atoms with Crippen molar-refractivity contribution in [3.8, 4) is 17.3 Å². The highest BCUT2D eigenvalue weighted by molar-refractivity contribution is 7.87. The molecule has 2 aromatic heterocycles. The average Bonchev–Trinajstić information content (AvgIpc) is 3.40. The quantitative estimate of drug-likeness (QED) is 0.329. The van der Waals surface area contributed by atoms with Gasteiger partial charge in [-0.1, -0.05) is 26.0 Å². The van der Waals surface area contributed by atoms with Crippen LogP contribution in [0.25, 0.3) is 16.7 Å². The third-order valence-electron chi connectivity index (χ3n) is 10.6. The number of nitrogens with one attached hydrogen (secondary N) is 2. The van der Waals surface area contributed by atoms with Crippen LogP contribution in [0.4, 0.5) is 0 Å². The summed E-state index contributed by atoms with van der Waals surface area (Å²) in [5.74, 6) is -1.42. The number of rotatable bonds is 8. The molecular formula is C37H49N7O7S. The molecule has 0 spiro atoms. The van der Waals surface area contributed by atoms with E-state index < -0.39 is 45.5 Å². The van der Waals surface area contributed by atoms with Gasteiger partial charge in [0, 0.05) is 56.8 Å². The number of carbonyl (C=O) groups excluding carboxylic acids is 3. The van der Waals surface area contributed by atoms with Crippen LogP contribution in [0.1, 0.15) is 69.5 Å². The number of methoxy groups -OCH3 is 1. The molecule has 0 saturated heterocycles. The van der Waals surface area contributed by atoms with E-state index in [0.717, 1.165) is 40.2 Å². The van der Waals surface area contributed by atoms with Crippen molar-refractivity contribution >= 4 is 38.8 Å². The highest BCUT2D eigenvalue weighted by atomic mass is 32.2. The second-order valence-electron chi connectivity index (χ2n) is 14.7. The van der Waals surface area contributed by atoms with Crippen LogP contribution in [-0.2, 0) is 24.6 Å². The zero-order valence-corrected chi connectivity index (χ0v) is 31.7. The Hall–Kier alpha value is -4.50. The zero-order valence-electron chi connectivity index (χ0n) is 30.9. The Morgan fingerprint density at radius 3 is 2.56 bits per heavy atom. The highest BCUT2D eigenvalue weighted by Crippen LogP contribution is 2.47. The van der Waals surface area contributed by atoms with Gasteiger partial charge in [0.05, 0.1) is 30.2 Å². The lowest BCUT2D eigenvalue weighted by atomic mass is 9.93. The maximum Gasteiger partial charge on any atom is 0.303 e. The van der Waals surface area contributed by atoms with Gasteiger partial charge in [-0.3, -0.25) is 14.4 Å². The first-order valence-electron chi connectivity index (χ1n) is 17.8. The molecule has 2 fully saturated rings. The smallest absolute Gasteiger partial charge is 0.303 e. The molecule has 3 aliphatic rings. The molecule has 3 heterocycles. The summed E-state index contributed by atoms with van der Waals surface area (Å²) in [5, 5.41) is 8.40. The molecule has 5 atom stereocenters. The summed E-state index contributed by atoms with van der Waals surface area (Å²) in [4.78, 5) is 48.5. The van der Waals surface area contributed by atoms with Gasteiger partial charge < -0.3 is 19.7 Å². The molecule has 0 radical (unpaired) electrons. The minimum absolute atomic E-state index is 0.168. The fraction of sp³-hybridized carbons (Fsp3) is 0.541. The number of hydrogen-bond donors (Lipinski definition) is 2. The van der Waals surface area contributed by atoms with Crippen molar-refractivity contribution in [2.45, 2.75) is 76.9 Å². The number of fused-ring (bicyclic) bond motifs is 3. The van der Waals surface area contributed by atoms with Gasteiger partial charge in [-0.2, -0.15) is 17.8 Å². The van der Waals surface area contributed by atoms with Crippen molar-refractivity contribution in [1.29, 1.82) is 0 Å². The van der Waals surface area contributed by atoms with E-state index in [0.29, 0.717) is 29.4 Å². The third kappa shape index (κ3) is 7.25. The summed E-state index contributed by atoms with van der Waals surface area (Å²) >= 11 is 0. The molecule has 52 heavy (non-hydrogen) atoms. The van der Waals surface area contributed by atoms with Crippen LogP contribution < -0.4 is 19.5 Å². The van der Waals surface area contributed by atoms with Gasteiger partial charge in [-0.25, -0.2) is 14.4 Å². The van der Waals surface area contributed by atoms with Crippen molar-refractivity contribution < 1.29 is 32.3 Å². The topological polar surface area (TPSA) is 165 Å². The second-order valence-corrected chi connectivity index (χ2v) is 16.6. The molecule has 2 saturated carbocycles. The van der Waals surface area contributed by atoms with E-state index in [2.05, 4.69) is 23.9 Å². The van der Waals surface area contributed by atoms with E-state index in [9.17, 15) is 22.8 Å². The van der Waals surface area contributed by atoms with Gasteiger partial charge in [0.15, 0.2) is 5.82 Å². The molecule has 280 valence electrons. The minimum Gasteiger partial charge on any atom is -0.496 e. The fourth-order valence-corrected chi connectivity index (χ4v) is 7.86. The van der Waals surface area contributed by atoms with Crippen LogP contribution in [0.15, 0.2) is 42.6 Å². The summed E-state index contributed by atoms with van der Waals surface area (Å²) < 4.78 is 42.4. The third-order valence-corrected chi connectivity index (χ3v) is 12.0. The van der Waals surface area contributed by atoms with Gasteiger partial charge in [0.2, 0.25) is 11.8 Å². The SMILES string of the molecule is COc1ccc2c(O[C@@H]3C[C@H]4C(=O)N[C@]5(C(=O)NS(=O)(=O)N(C)C)C[C@H]5C=CCCCCN(C)C(=O)[C@@H]4C3)cc(-n3ccc(C(C)C)n3)nc2c1C. The lowest BCUT2D eigenvalue weighted by Gasteiger charge is -2.27. The predicted octanol–water partition coefficient (Wildman–Crippen LogP) is 3.63. The van der Waals surface area contributed by atoms with Crippen LogP contribution in [0.3, 0.4) is 0 Å². The number of carbonyl (C=O) groups is 3. The van der Waals surface area contributed by atoms with Crippen LogP contribution in [0.2, 0.25) is 0 Å². The second kappa shape index (κ2) is 14.5. The molecule has 6 rings (SSSR count). The van der Waals surface area contributed by atoms with Gasteiger partial charge >= 0.3 is 10.2 Å². The first kappa shape index (κ1) is 37.3. The summed E-state index contributed by atoms with van der Waals surface area (Å²) in [6.45, 7) is 6.61. The molecule has 0 unspecified atom stereocenters. The molecule has 3 amide bonds. The van der Waals surface area contributed by atoms with Crippen molar-refractivity contribution in [2.75, 3.05) is 34.8 Å². The number of benzene rings is 1. The lowest BCUT2D eigenvalue weighted by Crippen LogP contribution is -2.55. The molecule has 1 aromatic carbocycles. The van der Waals surface area contributed by atoms with Crippen molar-refractivity contribution in [3.63, 3.8) is 0 Å². The van der Waals surface area contributed by atoms with E-state index in [1.807, 2.05) is 49.5 Å². The zero-order chi connectivity index (χ0) is 37.5. The Morgan fingerprint density at radius 2 is 1.87 bits per heavy atom. The van der Waals surface area contributed by atoms with E-state index in [4.69, 9.17) is 19.6 Å².